The highest BCUT2D eigenvalue weighted by atomic mass is 32.2. The quantitative estimate of drug-likeness (QED) is 0.390. The maximum absolute atomic E-state index is 12.2. The summed E-state index contributed by atoms with van der Waals surface area (Å²) in [6, 6.07) is 0.223. The van der Waals surface area contributed by atoms with Gasteiger partial charge < -0.3 is 20.1 Å². The fourth-order valence-corrected chi connectivity index (χ4v) is 3.38. The van der Waals surface area contributed by atoms with Crippen LogP contribution in [0.4, 0.5) is 0 Å². The van der Waals surface area contributed by atoms with Crippen molar-refractivity contribution >= 4 is 23.6 Å². The topological polar surface area (TPSA) is 87.4 Å². The number of nitrogens with zero attached hydrogens (tertiary/aromatic N) is 5. The van der Waals surface area contributed by atoms with Crippen LogP contribution in [0.25, 0.3) is 0 Å². The molecule has 2 heterocycles. The lowest BCUT2D eigenvalue weighted by Gasteiger charge is -2.20. The summed E-state index contributed by atoms with van der Waals surface area (Å²) in [5, 5.41) is 15.2. The van der Waals surface area contributed by atoms with Gasteiger partial charge in [-0.25, -0.2) is 4.99 Å². The summed E-state index contributed by atoms with van der Waals surface area (Å²) >= 11 is 1.84. The molecule has 27 heavy (non-hydrogen) atoms. The molecular weight excluding hydrogens is 362 g/mol. The second-order valence-corrected chi connectivity index (χ2v) is 8.21. The minimum Gasteiger partial charge on any atom is -0.356 e. The summed E-state index contributed by atoms with van der Waals surface area (Å²) in [4.78, 5) is 18.8. The maximum Gasteiger partial charge on any atom is 0.225 e. The van der Waals surface area contributed by atoms with Gasteiger partial charge in [0.2, 0.25) is 5.91 Å². The zero-order valence-electron chi connectivity index (χ0n) is 17.2. The Balaban J connectivity index is 1.96. The van der Waals surface area contributed by atoms with Crippen LogP contribution in [0.3, 0.4) is 0 Å². The lowest BCUT2D eigenvalue weighted by Crippen LogP contribution is -2.45. The van der Waals surface area contributed by atoms with E-state index in [0.29, 0.717) is 6.54 Å². The SMILES string of the molecule is CSCCCNC(=NCc1nnc(C)n1C)NC1CCN(C(=O)C(C)C)C1. The Bertz CT molecular complexity index is 644. The predicted octanol–water partition coefficient (Wildman–Crippen LogP) is 1.17. The molecule has 1 aliphatic heterocycles. The molecular formula is C18H33N7OS. The van der Waals surface area contributed by atoms with Crippen LogP contribution in [0.15, 0.2) is 4.99 Å². The first kappa shape index (κ1) is 21.5. The molecule has 0 aliphatic carbocycles. The van der Waals surface area contributed by atoms with E-state index >= 15 is 0 Å². The summed E-state index contributed by atoms with van der Waals surface area (Å²) in [5.74, 6) is 3.87. The number of aromatic nitrogens is 3. The normalized spacial score (nSPS) is 17.6. The molecule has 0 spiro atoms. The van der Waals surface area contributed by atoms with E-state index in [1.165, 1.54) is 0 Å². The molecule has 1 saturated heterocycles. The van der Waals surface area contributed by atoms with E-state index in [9.17, 15) is 4.79 Å². The number of guanidine groups is 1. The van der Waals surface area contributed by atoms with Gasteiger partial charge in [0.1, 0.15) is 12.4 Å². The molecule has 1 atom stereocenters. The van der Waals surface area contributed by atoms with E-state index in [1.54, 1.807) is 0 Å². The number of hydrogen-bond donors (Lipinski definition) is 2. The molecule has 0 saturated carbocycles. The molecule has 1 aromatic rings. The van der Waals surface area contributed by atoms with Crippen LogP contribution in [0.2, 0.25) is 0 Å². The predicted molar refractivity (Wildman–Crippen MR) is 111 cm³/mol. The molecule has 0 radical (unpaired) electrons. The summed E-state index contributed by atoms with van der Waals surface area (Å²) in [6.45, 7) is 8.70. The van der Waals surface area contributed by atoms with Crippen LogP contribution in [0, 0.1) is 12.8 Å². The van der Waals surface area contributed by atoms with E-state index in [0.717, 1.165) is 55.8 Å². The molecule has 152 valence electrons. The van der Waals surface area contributed by atoms with Crippen molar-refractivity contribution in [1.82, 2.24) is 30.3 Å². The molecule has 0 bridgehead atoms. The van der Waals surface area contributed by atoms with Crippen molar-refractivity contribution in [2.75, 3.05) is 31.6 Å². The second kappa shape index (κ2) is 10.5. The Hall–Kier alpha value is -1.77. The second-order valence-electron chi connectivity index (χ2n) is 7.23. The van der Waals surface area contributed by atoms with Gasteiger partial charge >= 0.3 is 0 Å². The molecule has 1 amide bonds. The molecule has 8 nitrogen and oxygen atoms in total. The first-order valence-electron chi connectivity index (χ1n) is 9.59. The lowest BCUT2D eigenvalue weighted by atomic mass is 10.2. The van der Waals surface area contributed by atoms with Crippen molar-refractivity contribution in [3.05, 3.63) is 11.6 Å². The van der Waals surface area contributed by atoms with Crippen LogP contribution in [-0.4, -0.2) is 69.2 Å². The van der Waals surface area contributed by atoms with Crippen LogP contribution < -0.4 is 10.6 Å². The fraction of sp³-hybridized carbons (Fsp3) is 0.778. The van der Waals surface area contributed by atoms with E-state index in [4.69, 9.17) is 4.99 Å². The standard InChI is InChI=1S/C18H33N7OS/c1-13(2)17(26)25-9-7-15(12-25)21-18(19-8-6-10-27-5)20-11-16-23-22-14(3)24(16)4/h13,15H,6-12H2,1-5H3,(H2,19,20,21). The van der Waals surface area contributed by atoms with Gasteiger partial charge in [-0.2, -0.15) is 11.8 Å². The first-order valence-corrected chi connectivity index (χ1v) is 11.0. The molecule has 1 fully saturated rings. The third kappa shape index (κ3) is 6.41. The average Bonchev–Trinajstić information content (AvgIpc) is 3.23. The summed E-state index contributed by atoms with van der Waals surface area (Å²) in [5.41, 5.74) is 0. The number of rotatable bonds is 8. The number of amides is 1. The minimum atomic E-state index is 0.0423. The maximum atomic E-state index is 12.2. The molecule has 1 aliphatic rings. The third-order valence-corrected chi connectivity index (χ3v) is 5.41. The Morgan fingerprint density at radius 1 is 1.41 bits per heavy atom. The lowest BCUT2D eigenvalue weighted by molar-refractivity contribution is -0.133. The highest BCUT2D eigenvalue weighted by Crippen LogP contribution is 2.12. The first-order chi connectivity index (χ1) is 12.9. The molecule has 0 aromatic carbocycles. The Morgan fingerprint density at radius 3 is 2.81 bits per heavy atom. The van der Waals surface area contributed by atoms with Gasteiger partial charge in [-0.15, -0.1) is 10.2 Å². The smallest absolute Gasteiger partial charge is 0.225 e. The molecule has 2 N–H and O–H groups in total. The highest BCUT2D eigenvalue weighted by molar-refractivity contribution is 7.98. The molecule has 9 heteroatoms. The van der Waals surface area contributed by atoms with Crippen molar-refractivity contribution in [2.24, 2.45) is 18.0 Å². The van der Waals surface area contributed by atoms with Crippen molar-refractivity contribution in [3.63, 3.8) is 0 Å². The largest absolute Gasteiger partial charge is 0.356 e. The van der Waals surface area contributed by atoms with E-state index < -0.39 is 0 Å². The average molecular weight is 396 g/mol. The van der Waals surface area contributed by atoms with Crippen molar-refractivity contribution < 1.29 is 4.79 Å². The van der Waals surface area contributed by atoms with Crippen molar-refractivity contribution in [3.8, 4) is 0 Å². The van der Waals surface area contributed by atoms with Gasteiger partial charge in [0.05, 0.1) is 0 Å². The number of aryl methyl sites for hydroxylation is 1. The molecule has 2 rings (SSSR count). The number of aliphatic imine (C=N–C) groups is 1. The van der Waals surface area contributed by atoms with Gasteiger partial charge in [-0.05, 0) is 31.8 Å². The molecule has 1 aromatic heterocycles. The van der Waals surface area contributed by atoms with Gasteiger partial charge in [0.15, 0.2) is 11.8 Å². The monoisotopic (exact) mass is 395 g/mol. The number of likely N-dealkylation sites (tertiary alicyclic amines) is 1. The van der Waals surface area contributed by atoms with Crippen LogP contribution in [0.1, 0.15) is 38.3 Å². The Labute approximate surface area is 166 Å². The van der Waals surface area contributed by atoms with Crippen molar-refractivity contribution in [1.29, 1.82) is 0 Å². The van der Waals surface area contributed by atoms with E-state index in [2.05, 4.69) is 27.1 Å². The molecule has 1 unspecified atom stereocenters. The van der Waals surface area contributed by atoms with Crippen LogP contribution in [-0.2, 0) is 18.4 Å². The zero-order valence-corrected chi connectivity index (χ0v) is 18.0. The van der Waals surface area contributed by atoms with Crippen LogP contribution in [0.5, 0.6) is 0 Å². The number of nitrogens with one attached hydrogen (secondary N) is 2. The summed E-state index contributed by atoms with van der Waals surface area (Å²) in [6.07, 6.45) is 4.13. The Morgan fingerprint density at radius 2 is 2.19 bits per heavy atom. The van der Waals surface area contributed by atoms with Gasteiger partial charge in [0.25, 0.3) is 0 Å². The number of thioether (sulfide) groups is 1. The van der Waals surface area contributed by atoms with E-state index in [1.807, 2.05) is 49.0 Å². The van der Waals surface area contributed by atoms with Gasteiger partial charge in [0, 0.05) is 38.6 Å². The van der Waals surface area contributed by atoms with E-state index in [-0.39, 0.29) is 17.9 Å². The van der Waals surface area contributed by atoms with Crippen LogP contribution >= 0.6 is 11.8 Å². The number of hydrogen-bond acceptors (Lipinski definition) is 5. The van der Waals surface area contributed by atoms with Gasteiger partial charge in [-0.1, -0.05) is 13.8 Å². The third-order valence-electron chi connectivity index (χ3n) is 4.71. The summed E-state index contributed by atoms with van der Waals surface area (Å²) in [7, 11) is 1.95. The Kier molecular flexibility index (Phi) is 8.40. The number of carbonyl (C=O) groups excluding carboxylic acids is 1. The van der Waals surface area contributed by atoms with Crippen molar-refractivity contribution in [2.45, 2.75) is 46.2 Å². The summed E-state index contributed by atoms with van der Waals surface area (Å²) < 4.78 is 1.95. The highest BCUT2D eigenvalue weighted by Gasteiger charge is 2.28. The number of carbonyl (C=O) groups is 1. The minimum absolute atomic E-state index is 0.0423. The van der Waals surface area contributed by atoms with Gasteiger partial charge in [-0.3, -0.25) is 4.79 Å². The fourth-order valence-electron chi connectivity index (χ4n) is 2.95. The zero-order chi connectivity index (χ0) is 19.8.